The molecule has 3 heteroatoms. The van der Waals surface area contributed by atoms with Crippen molar-refractivity contribution in [2.45, 2.75) is 32.6 Å². The maximum Gasteiger partial charge on any atom is 0.343 e. The average molecular weight is 295 g/mol. The zero-order chi connectivity index (χ0) is 15.8. The van der Waals surface area contributed by atoms with Gasteiger partial charge in [-0.15, -0.1) is 0 Å². The van der Waals surface area contributed by atoms with Crippen molar-refractivity contribution in [2.24, 2.45) is 0 Å². The molecule has 22 heavy (non-hydrogen) atoms. The van der Waals surface area contributed by atoms with Gasteiger partial charge in [0.05, 0.1) is 5.56 Å². The van der Waals surface area contributed by atoms with Crippen LogP contribution in [0.1, 0.15) is 48.5 Å². The summed E-state index contributed by atoms with van der Waals surface area (Å²) in [6.45, 7) is 2.14. The second-order valence-corrected chi connectivity index (χ2v) is 5.19. The zero-order valence-electron chi connectivity index (χ0n) is 12.8. The highest BCUT2D eigenvalue weighted by Gasteiger charge is 2.13. The number of rotatable bonds is 7. The molecular formula is C19H21NO2. The van der Waals surface area contributed by atoms with Gasteiger partial charge in [-0.1, -0.05) is 50.1 Å². The van der Waals surface area contributed by atoms with Crippen molar-refractivity contribution >= 4 is 11.7 Å². The fourth-order valence-electron chi connectivity index (χ4n) is 2.22. The van der Waals surface area contributed by atoms with Crippen LogP contribution in [-0.4, -0.2) is 11.7 Å². The standard InChI is InChI=1S/C19H21NO2/c1-2-3-5-13-17(20)16-12-8-9-14-18(16)22-19(21)15-10-6-4-7-11-15/h4,6-12,14,20H,2-3,5,13H2,1H3. The predicted molar refractivity (Wildman–Crippen MR) is 88.8 cm³/mol. The van der Waals surface area contributed by atoms with Crippen LogP contribution in [0, 0.1) is 5.41 Å². The van der Waals surface area contributed by atoms with Gasteiger partial charge in [0.25, 0.3) is 0 Å². The van der Waals surface area contributed by atoms with E-state index in [4.69, 9.17) is 10.1 Å². The number of benzene rings is 2. The average Bonchev–Trinajstić information content (AvgIpc) is 2.56. The Morgan fingerprint density at radius 2 is 1.68 bits per heavy atom. The normalized spacial score (nSPS) is 10.2. The molecule has 0 bridgehead atoms. The molecule has 0 amide bonds. The molecule has 0 saturated heterocycles. The first-order valence-electron chi connectivity index (χ1n) is 7.66. The van der Waals surface area contributed by atoms with E-state index in [0.29, 0.717) is 29.0 Å². The number of carbonyl (C=O) groups excluding carboxylic acids is 1. The van der Waals surface area contributed by atoms with Gasteiger partial charge in [0.15, 0.2) is 0 Å². The maximum absolute atomic E-state index is 12.2. The van der Waals surface area contributed by atoms with Crippen molar-refractivity contribution in [1.82, 2.24) is 0 Å². The van der Waals surface area contributed by atoms with E-state index in [1.54, 1.807) is 30.3 Å². The third-order valence-electron chi connectivity index (χ3n) is 3.45. The van der Waals surface area contributed by atoms with E-state index in [-0.39, 0.29) is 0 Å². The summed E-state index contributed by atoms with van der Waals surface area (Å²) in [6, 6.07) is 16.2. The van der Waals surface area contributed by atoms with Crippen LogP contribution in [0.3, 0.4) is 0 Å². The van der Waals surface area contributed by atoms with E-state index < -0.39 is 5.97 Å². The van der Waals surface area contributed by atoms with Crippen LogP contribution < -0.4 is 4.74 Å². The molecule has 2 rings (SSSR count). The number of hydrogen-bond acceptors (Lipinski definition) is 3. The zero-order valence-corrected chi connectivity index (χ0v) is 12.8. The molecule has 1 N–H and O–H groups in total. The summed E-state index contributed by atoms with van der Waals surface area (Å²) in [5.41, 5.74) is 1.72. The molecule has 0 heterocycles. The van der Waals surface area contributed by atoms with Crippen LogP contribution in [0.2, 0.25) is 0 Å². The first-order valence-corrected chi connectivity index (χ1v) is 7.66. The summed E-state index contributed by atoms with van der Waals surface area (Å²) in [5, 5.41) is 8.21. The Balaban J connectivity index is 2.11. The lowest BCUT2D eigenvalue weighted by atomic mass is 10.0. The van der Waals surface area contributed by atoms with E-state index in [2.05, 4.69) is 6.92 Å². The Morgan fingerprint density at radius 1 is 1.00 bits per heavy atom. The second-order valence-electron chi connectivity index (χ2n) is 5.19. The number of unbranched alkanes of at least 4 members (excludes halogenated alkanes) is 2. The third kappa shape index (κ3) is 4.29. The van der Waals surface area contributed by atoms with Gasteiger partial charge >= 0.3 is 5.97 Å². The lowest BCUT2D eigenvalue weighted by Crippen LogP contribution is -2.11. The molecule has 0 aromatic heterocycles. The third-order valence-corrected chi connectivity index (χ3v) is 3.45. The van der Waals surface area contributed by atoms with Gasteiger partial charge < -0.3 is 10.1 Å². The number of hydrogen-bond donors (Lipinski definition) is 1. The molecule has 3 nitrogen and oxygen atoms in total. The number of para-hydroxylation sites is 1. The quantitative estimate of drug-likeness (QED) is 0.343. The van der Waals surface area contributed by atoms with Gasteiger partial charge in [-0.25, -0.2) is 4.79 Å². The molecule has 114 valence electrons. The molecular weight excluding hydrogens is 274 g/mol. The molecule has 0 atom stereocenters. The Morgan fingerprint density at radius 3 is 2.41 bits per heavy atom. The van der Waals surface area contributed by atoms with Crippen molar-refractivity contribution in [3.05, 3.63) is 65.7 Å². The largest absolute Gasteiger partial charge is 0.422 e. The minimum absolute atomic E-state index is 0.394. The molecule has 0 spiro atoms. The van der Waals surface area contributed by atoms with Gasteiger partial charge in [0.1, 0.15) is 5.75 Å². The van der Waals surface area contributed by atoms with Gasteiger partial charge in [-0.3, -0.25) is 0 Å². The fraction of sp³-hybridized carbons (Fsp3) is 0.263. The fourth-order valence-corrected chi connectivity index (χ4v) is 2.22. The minimum Gasteiger partial charge on any atom is -0.422 e. The summed E-state index contributed by atoms with van der Waals surface area (Å²) >= 11 is 0. The molecule has 0 saturated carbocycles. The van der Waals surface area contributed by atoms with Gasteiger partial charge in [0, 0.05) is 11.3 Å². The number of nitrogens with one attached hydrogen (secondary N) is 1. The number of carbonyl (C=O) groups is 1. The van der Waals surface area contributed by atoms with Gasteiger partial charge in [-0.2, -0.15) is 0 Å². The lowest BCUT2D eigenvalue weighted by molar-refractivity contribution is 0.0734. The van der Waals surface area contributed by atoms with E-state index in [9.17, 15) is 4.79 Å². The van der Waals surface area contributed by atoms with Crippen molar-refractivity contribution in [3.63, 3.8) is 0 Å². The molecule has 0 fully saturated rings. The first kappa shape index (κ1) is 16.0. The number of ether oxygens (including phenoxy) is 1. The summed E-state index contributed by atoms with van der Waals surface area (Å²) < 4.78 is 5.48. The molecule has 2 aromatic carbocycles. The molecule has 2 aromatic rings. The summed E-state index contributed by atoms with van der Waals surface area (Å²) in [4.78, 5) is 12.2. The van der Waals surface area contributed by atoms with Crippen molar-refractivity contribution in [1.29, 1.82) is 5.41 Å². The van der Waals surface area contributed by atoms with Crippen LogP contribution in [0.25, 0.3) is 0 Å². The maximum atomic E-state index is 12.2. The summed E-state index contributed by atoms with van der Waals surface area (Å²) in [6.07, 6.45) is 3.91. The van der Waals surface area contributed by atoms with Gasteiger partial charge in [-0.05, 0) is 37.1 Å². The van der Waals surface area contributed by atoms with E-state index in [1.807, 2.05) is 24.3 Å². The topological polar surface area (TPSA) is 50.1 Å². The molecule has 0 radical (unpaired) electrons. The Hall–Kier alpha value is -2.42. The number of esters is 1. The SMILES string of the molecule is CCCCCC(=N)c1ccccc1OC(=O)c1ccccc1. The Kier molecular flexibility index (Phi) is 5.90. The Bertz CT molecular complexity index is 635. The van der Waals surface area contributed by atoms with E-state index >= 15 is 0 Å². The Labute approximate surface area is 131 Å². The first-order chi connectivity index (χ1) is 10.7. The van der Waals surface area contributed by atoms with Gasteiger partial charge in [0.2, 0.25) is 0 Å². The van der Waals surface area contributed by atoms with Crippen LogP contribution in [0.15, 0.2) is 54.6 Å². The molecule has 0 aliphatic rings. The second kappa shape index (κ2) is 8.13. The van der Waals surface area contributed by atoms with Crippen molar-refractivity contribution < 1.29 is 9.53 Å². The molecule has 0 aliphatic carbocycles. The minimum atomic E-state index is -0.394. The van der Waals surface area contributed by atoms with Crippen LogP contribution in [0.4, 0.5) is 0 Å². The van der Waals surface area contributed by atoms with Crippen LogP contribution in [0.5, 0.6) is 5.75 Å². The summed E-state index contributed by atoms with van der Waals surface area (Å²) in [7, 11) is 0. The highest BCUT2D eigenvalue weighted by atomic mass is 16.5. The molecule has 0 unspecified atom stereocenters. The van der Waals surface area contributed by atoms with E-state index in [0.717, 1.165) is 19.3 Å². The highest BCUT2D eigenvalue weighted by molar-refractivity contribution is 6.02. The lowest BCUT2D eigenvalue weighted by Gasteiger charge is -2.11. The predicted octanol–water partition coefficient (Wildman–Crippen LogP) is 4.85. The highest BCUT2D eigenvalue weighted by Crippen LogP contribution is 2.22. The van der Waals surface area contributed by atoms with Crippen molar-refractivity contribution in [3.8, 4) is 5.75 Å². The van der Waals surface area contributed by atoms with Crippen LogP contribution in [-0.2, 0) is 0 Å². The smallest absolute Gasteiger partial charge is 0.343 e. The van der Waals surface area contributed by atoms with Crippen LogP contribution >= 0.6 is 0 Å². The molecule has 0 aliphatic heterocycles. The monoisotopic (exact) mass is 295 g/mol. The van der Waals surface area contributed by atoms with Crippen molar-refractivity contribution in [2.75, 3.05) is 0 Å². The summed E-state index contributed by atoms with van der Waals surface area (Å²) in [5.74, 6) is 0.0623. The van der Waals surface area contributed by atoms with E-state index in [1.165, 1.54) is 0 Å².